The number of nitrogens with one attached hydrogen (secondary N) is 1. The number of rotatable bonds is 5. The fourth-order valence-corrected chi connectivity index (χ4v) is 2.38. The third-order valence-corrected chi connectivity index (χ3v) is 3.77. The summed E-state index contributed by atoms with van der Waals surface area (Å²) >= 11 is 0. The number of hydrogen-bond acceptors (Lipinski definition) is 6. The van der Waals surface area contributed by atoms with Gasteiger partial charge in [0.15, 0.2) is 11.5 Å². The standard InChI is InChI=1S/C14H15N5O4/c20-13(7-18-14(21)19(17-16-18)10-2-3-10)15-6-9-1-4-11-12(5-9)23-8-22-11/h1,4-5,10H,2-3,6-8H2,(H,15,20). The van der Waals surface area contributed by atoms with Gasteiger partial charge in [0, 0.05) is 6.54 Å². The van der Waals surface area contributed by atoms with Crippen LogP contribution in [0.2, 0.25) is 0 Å². The monoisotopic (exact) mass is 317 g/mol. The molecule has 0 unspecified atom stereocenters. The van der Waals surface area contributed by atoms with Crippen molar-refractivity contribution in [1.82, 2.24) is 25.1 Å². The molecule has 4 rings (SSSR count). The minimum Gasteiger partial charge on any atom is -0.454 e. The van der Waals surface area contributed by atoms with Crippen molar-refractivity contribution < 1.29 is 14.3 Å². The Morgan fingerprint density at radius 1 is 1.26 bits per heavy atom. The highest BCUT2D eigenvalue weighted by atomic mass is 16.7. The highest BCUT2D eigenvalue weighted by Crippen LogP contribution is 2.32. The zero-order valence-electron chi connectivity index (χ0n) is 12.3. The molecular weight excluding hydrogens is 302 g/mol. The molecule has 1 fully saturated rings. The van der Waals surface area contributed by atoms with Crippen LogP contribution in [0.4, 0.5) is 0 Å². The molecule has 2 aromatic rings. The Kier molecular flexibility index (Phi) is 3.25. The number of fused-ring (bicyclic) bond motifs is 1. The summed E-state index contributed by atoms with van der Waals surface area (Å²) in [5.74, 6) is 1.07. The lowest BCUT2D eigenvalue weighted by Crippen LogP contribution is -2.33. The van der Waals surface area contributed by atoms with E-state index < -0.39 is 0 Å². The maximum absolute atomic E-state index is 12.0. The molecule has 1 saturated carbocycles. The van der Waals surface area contributed by atoms with Gasteiger partial charge in [-0.25, -0.2) is 4.79 Å². The highest BCUT2D eigenvalue weighted by Gasteiger charge is 2.28. The van der Waals surface area contributed by atoms with E-state index in [0.717, 1.165) is 23.1 Å². The normalized spacial score (nSPS) is 15.7. The van der Waals surface area contributed by atoms with Crippen molar-refractivity contribution >= 4 is 5.91 Å². The lowest BCUT2D eigenvalue weighted by atomic mass is 10.2. The summed E-state index contributed by atoms with van der Waals surface area (Å²) in [6, 6.07) is 5.62. The number of nitrogens with zero attached hydrogens (tertiary/aromatic N) is 4. The number of carbonyl (C=O) groups excluding carboxylic acids is 1. The Hall–Kier alpha value is -2.84. The third kappa shape index (κ3) is 2.77. The van der Waals surface area contributed by atoms with Gasteiger partial charge in [0.05, 0.1) is 6.04 Å². The van der Waals surface area contributed by atoms with Crippen LogP contribution in [0.5, 0.6) is 11.5 Å². The number of aromatic nitrogens is 4. The molecule has 1 aromatic carbocycles. The van der Waals surface area contributed by atoms with Gasteiger partial charge in [0.25, 0.3) is 0 Å². The molecule has 0 atom stereocenters. The van der Waals surface area contributed by atoms with Gasteiger partial charge in [-0.15, -0.1) is 0 Å². The maximum Gasteiger partial charge on any atom is 0.364 e. The fraction of sp³-hybridized carbons (Fsp3) is 0.429. The number of ether oxygens (including phenoxy) is 2. The van der Waals surface area contributed by atoms with E-state index in [1.54, 1.807) is 6.07 Å². The first-order valence-electron chi connectivity index (χ1n) is 7.38. The molecule has 120 valence electrons. The SMILES string of the molecule is O=C(Cn1nnn(C2CC2)c1=O)NCc1ccc2c(c1)OCO2. The molecule has 1 N–H and O–H groups in total. The van der Waals surface area contributed by atoms with E-state index >= 15 is 0 Å². The molecule has 0 spiro atoms. The molecular formula is C14H15N5O4. The van der Waals surface area contributed by atoms with Crippen LogP contribution in [0.3, 0.4) is 0 Å². The first-order chi connectivity index (χ1) is 11.2. The second-order valence-electron chi connectivity index (χ2n) is 5.56. The van der Waals surface area contributed by atoms with Crippen molar-refractivity contribution in [2.45, 2.75) is 32.0 Å². The Labute approximate surface area is 130 Å². The van der Waals surface area contributed by atoms with E-state index in [1.165, 1.54) is 4.68 Å². The Balaban J connectivity index is 1.36. The van der Waals surface area contributed by atoms with Crippen molar-refractivity contribution in [1.29, 1.82) is 0 Å². The molecule has 9 heteroatoms. The molecule has 1 aliphatic carbocycles. The molecule has 9 nitrogen and oxygen atoms in total. The molecule has 0 bridgehead atoms. The van der Waals surface area contributed by atoms with E-state index in [9.17, 15) is 9.59 Å². The minimum atomic E-state index is -0.342. The van der Waals surface area contributed by atoms with E-state index in [1.807, 2.05) is 12.1 Å². The van der Waals surface area contributed by atoms with Gasteiger partial charge in [-0.3, -0.25) is 4.79 Å². The minimum absolute atomic E-state index is 0.143. The zero-order valence-corrected chi connectivity index (χ0v) is 12.3. The van der Waals surface area contributed by atoms with Crippen LogP contribution >= 0.6 is 0 Å². The Morgan fingerprint density at radius 3 is 2.91 bits per heavy atom. The average Bonchev–Trinajstić information content (AvgIpc) is 3.17. The first-order valence-corrected chi connectivity index (χ1v) is 7.38. The summed E-state index contributed by atoms with van der Waals surface area (Å²) in [6.07, 6.45) is 1.88. The Bertz CT molecular complexity index is 808. The van der Waals surface area contributed by atoms with Gasteiger partial charge < -0.3 is 14.8 Å². The largest absolute Gasteiger partial charge is 0.454 e. The maximum atomic E-state index is 12.0. The van der Waals surface area contributed by atoms with Crippen molar-refractivity contribution in [3.05, 3.63) is 34.2 Å². The summed E-state index contributed by atoms with van der Waals surface area (Å²) in [6.45, 7) is 0.405. The van der Waals surface area contributed by atoms with E-state index in [2.05, 4.69) is 15.7 Å². The first kappa shape index (κ1) is 13.8. The highest BCUT2D eigenvalue weighted by molar-refractivity contribution is 5.75. The lowest BCUT2D eigenvalue weighted by molar-refractivity contribution is -0.122. The van der Waals surface area contributed by atoms with Crippen LogP contribution in [0, 0.1) is 0 Å². The molecule has 0 radical (unpaired) electrons. The van der Waals surface area contributed by atoms with E-state index in [-0.39, 0.29) is 31.0 Å². The summed E-state index contributed by atoms with van der Waals surface area (Å²) in [4.78, 5) is 23.9. The molecule has 2 aliphatic rings. The van der Waals surface area contributed by atoms with Crippen LogP contribution in [-0.4, -0.2) is 32.5 Å². The second kappa shape index (κ2) is 5.41. The predicted octanol–water partition coefficient (Wildman–Crippen LogP) is -0.180. The van der Waals surface area contributed by atoms with Crippen LogP contribution in [0.15, 0.2) is 23.0 Å². The number of carbonyl (C=O) groups is 1. The van der Waals surface area contributed by atoms with Crippen LogP contribution < -0.4 is 20.5 Å². The van der Waals surface area contributed by atoms with Gasteiger partial charge in [-0.1, -0.05) is 6.07 Å². The number of benzene rings is 1. The van der Waals surface area contributed by atoms with Gasteiger partial charge in [-0.2, -0.15) is 9.36 Å². The lowest BCUT2D eigenvalue weighted by Gasteiger charge is -2.05. The van der Waals surface area contributed by atoms with Crippen LogP contribution in [0.1, 0.15) is 24.4 Å². The average molecular weight is 317 g/mol. The molecule has 2 heterocycles. The number of hydrogen-bond donors (Lipinski definition) is 1. The summed E-state index contributed by atoms with van der Waals surface area (Å²) in [5, 5.41) is 10.3. The quantitative estimate of drug-likeness (QED) is 0.821. The van der Waals surface area contributed by atoms with Gasteiger partial charge in [-0.05, 0) is 41.0 Å². The smallest absolute Gasteiger partial charge is 0.364 e. The molecule has 1 aliphatic heterocycles. The van der Waals surface area contributed by atoms with Crippen LogP contribution in [-0.2, 0) is 17.9 Å². The van der Waals surface area contributed by atoms with Crippen LogP contribution in [0.25, 0.3) is 0 Å². The zero-order chi connectivity index (χ0) is 15.8. The fourth-order valence-electron chi connectivity index (χ4n) is 2.38. The topological polar surface area (TPSA) is 100 Å². The van der Waals surface area contributed by atoms with Gasteiger partial charge in [0.2, 0.25) is 12.7 Å². The number of amides is 1. The van der Waals surface area contributed by atoms with Gasteiger partial charge in [0.1, 0.15) is 6.54 Å². The van der Waals surface area contributed by atoms with E-state index in [0.29, 0.717) is 18.0 Å². The number of tetrazole rings is 1. The van der Waals surface area contributed by atoms with Crippen molar-refractivity contribution in [2.75, 3.05) is 6.79 Å². The summed E-state index contributed by atoms with van der Waals surface area (Å²) in [7, 11) is 0. The summed E-state index contributed by atoms with van der Waals surface area (Å²) in [5.41, 5.74) is 0.544. The molecule has 23 heavy (non-hydrogen) atoms. The predicted molar refractivity (Wildman–Crippen MR) is 77.0 cm³/mol. The second-order valence-corrected chi connectivity index (χ2v) is 5.56. The van der Waals surface area contributed by atoms with E-state index in [4.69, 9.17) is 9.47 Å². The van der Waals surface area contributed by atoms with Crippen molar-refractivity contribution in [3.8, 4) is 11.5 Å². The van der Waals surface area contributed by atoms with Crippen molar-refractivity contribution in [3.63, 3.8) is 0 Å². The third-order valence-electron chi connectivity index (χ3n) is 3.77. The Morgan fingerprint density at radius 2 is 2.09 bits per heavy atom. The molecule has 1 amide bonds. The van der Waals surface area contributed by atoms with Crippen molar-refractivity contribution in [2.24, 2.45) is 0 Å². The summed E-state index contributed by atoms with van der Waals surface area (Å²) < 4.78 is 12.9. The van der Waals surface area contributed by atoms with Gasteiger partial charge >= 0.3 is 5.69 Å². The molecule has 0 saturated heterocycles. The molecule has 1 aromatic heterocycles.